The largest absolute Gasteiger partial charge is 0.353 e. The molecule has 0 aromatic heterocycles. The van der Waals surface area contributed by atoms with E-state index in [0.717, 1.165) is 34.2 Å². The van der Waals surface area contributed by atoms with E-state index in [0.29, 0.717) is 37.6 Å². The number of nitrogens with one attached hydrogen (secondary N) is 1. The minimum absolute atomic E-state index is 0.00197. The monoisotopic (exact) mass is 409 g/mol. The number of sulfonamides is 1. The second kappa shape index (κ2) is 8.93. The molecule has 1 amide bonds. The van der Waals surface area contributed by atoms with E-state index in [9.17, 15) is 13.2 Å². The van der Waals surface area contributed by atoms with E-state index >= 15 is 0 Å². The fraction of sp³-hybridized carbons (Fsp3) is 0.667. The zero-order valence-corrected chi connectivity index (χ0v) is 19.2. The standard InChI is InChI=1S/C21H35N3O3S/c1-8-14(2)22-20(25)13-23-9-11-24(12-10-23)28(26,27)21-18(6)16(4)15(3)17(5)19(21)7/h14H,8-13H2,1-7H3,(H,22,25)/t14-/m0/s1. The van der Waals surface area contributed by atoms with Crippen molar-refractivity contribution in [2.24, 2.45) is 0 Å². The molecule has 1 aromatic rings. The fourth-order valence-corrected chi connectivity index (χ4v) is 5.72. The molecule has 158 valence electrons. The third kappa shape index (κ3) is 4.58. The number of benzene rings is 1. The predicted molar refractivity (Wildman–Crippen MR) is 113 cm³/mol. The van der Waals surface area contributed by atoms with Gasteiger partial charge in [0.25, 0.3) is 0 Å². The van der Waals surface area contributed by atoms with Gasteiger partial charge in [-0.15, -0.1) is 0 Å². The first-order valence-electron chi connectivity index (χ1n) is 10.1. The molecule has 0 saturated carbocycles. The topological polar surface area (TPSA) is 69.7 Å². The second-order valence-corrected chi connectivity index (χ2v) is 9.89. The molecule has 1 fully saturated rings. The van der Waals surface area contributed by atoms with Crippen molar-refractivity contribution >= 4 is 15.9 Å². The van der Waals surface area contributed by atoms with Crippen molar-refractivity contribution in [3.8, 4) is 0 Å². The summed E-state index contributed by atoms with van der Waals surface area (Å²) in [6.07, 6.45) is 0.895. The zero-order valence-electron chi connectivity index (χ0n) is 18.3. The Balaban J connectivity index is 2.13. The maximum Gasteiger partial charge on any atom is 0.243 e. The summed E-state index contributed by atoms with van der Waals surface area (Å²) in [6, 6.07) is 0.160. The van der Waals surface area contributed by atoms with Crippen molar-refractivity contribution in [1.29, 1.82) is 0 Å². The van der Waals surface area contributed by atoms with Crippen LogP contribution in [0.1, 0.15) is 48.1 Å². The Kier molecular flexibility index (Phi) is 7.28. The van der Waals surface area contributed by atoms with Crippen LogP contribution in [-0.4, -0.2) is 62.3 Å². The Bertz CT molecular complexity index is 812. The van der Waals surface area contributed by atoms with Crippen LogP contribution in [0.25, 0.3) is 0 Å². The van der Waals surface area contributed by atoms with Gasteiger partial charge in [0, 0.05) is 32.2 Å². The summed E-state index contributed by atoms with van der Waals surface area (Å²) >= 11 is 0. The lowest BCUT2D eigenvalue weighted by molar-refractivity contribution is -0.123. The normalized spacial score (nSPS) is 17.5. The number of nitrogens with zero attached hydrogens (tertiary/aromatic N) is 2. The molecule has 6 nitrogen and oxygen atoms in total. The third-order valence-electron chi connectivity index (χ3n) is 6.25. The number of amides is 1. The number of carbonyl (C=O) groups is 1. The molecule has 1 aliphatic heterocycles. The average Bonchev–Trinajstić information content (AvgIpc) is 2.65. The second-order valence-electron chi connectivity index (χ2n) is 8.01. The summed E-state index contributed by atoms with van der Waals surface area (Å²) in [7, 11) is -3.55. The average molecular weight is 410 g/mol. The highest BCUT2D eigenvalue weighted by molar-refractivity contribution is 7.89. The SMILES string of the molecule is CC[C@H](C)NC(=O)CN1CCN(S(=O)(=O)c2c(C)c(C)c(C)c(C)c2C)CC1. The van der Waals surface area contributed by atoms with Gasteiger partial charge in [0.15, 0.2) is 0 Å². The lowest BCUT2D eigenvalue weighted by atomic mass is 9.95. The zero-order chi connectivity index (χ0) is 21.2. The number of hydrogen-bond donors (Lipinski definition) is 1. The number of carbonyl (C=O) groups excluding carboxylic acids is 1. The molecule has 2 rings (SSSR count). The van der Waals surface area contributed by atoms with Gasteiger partial charge in [0.2, 0.25) is 15.9 Å². The van der Waals surface area contributed by atoms with Crippen LogP contribution in [0.5, 0.6) is 0 Å². The van der Waals surface area contributed by atoms with Gasteiger partial charge in [-0.1, -0.05) is 6.92 Å². The number of rotatable bonds is 6. The first kappa shape index (κ1) is 22.8. The highest BCUT2D eigenvalue weighted by Crippen LogP contribution is 2.31. The van der Waals surface area contributed by atoms with Gasteiger partial charge in [-0.05, 0) is 75.8 Å². The summed E-state index contributed by atoms with van der Waals surface area (Å²) in [5.41, 5.74) is 4.93. The van der Waals surface area contributed by atoms with E-state index in [4.69, 9.17) is 0 Å². The molecule has 0 aliphatic carbocycles. The molecular weight excluding hydrogens is 374 g/mol. The van der Waals surface area contributed by atoms with Crippen molar-refractivity contribution in [2.75, 3.05) is 32.7 Å². The molecule has 0 bridgehead atoms. The molecule has 7 heteroatoms. The van der Waals surface area contributed by atoms with Gasteiger partial charge < -0.3 is 5.32 Å². The predicted octanol–water partition coefficient (Wildman–Crippen LogP) is 2.45. The Hall–Kier alpha value is -1.44. The van der Waals surface area contributed by atoms with Crippen molar-refractivity contribution in [1.82, 2.24) is 14.5 Å². The quantitative estimate of drug-likeness (QED) is 0.784. The summed E-state index contributed by atoms with van der Waals surface area (Å²) in [5, 5.41) is 2.96. The van der Waals surface area contributed by atoms with Crippen LogP contribution in [0, 0.1) is 34.6 Å². The van der Waals surface area contributed by atoms with Gasteiger partial charge in [-0.25, -0.2) is 8.42 Å². The van der Waals surface area contributed by atoms with Crippen molar-refractivity contribution in [3.05, 3.63) is 27.8 Å². The molecule has 1 heterocycles. The molecule has 1 N–H and O–H groups in total. The highest BCUT2D eigenvalue weighted by atomic mass is 32.2. The Morgan fingerprint density at radius 1 is 0.929 bits per heavy atom. The minimum Gasteiger partial charge on any atom is -0.353 e. The number of hydrogen-bond acceptors (Lipinski definition) is 4. The summed E-state index contributed by atoms with van der Waals surface area (Å²) in [6.45, 7) is 16.1. The Morgan fingerprint density at radius 3 is 1.86 bits per heavy atom. The Morgan fingerprint density at radius 2 is 1.39 bits per heavy atom. The van der Waals surface area contributed by atoms with Crippen LogP contribution in [0.2, 0.25) is 0 Å². The lowest BCUT2D eigenvalue weighted by Crippen LogP contribution is -2.51. The van der Waals surface area contributed by atoms with E-state index in [1.54, 1.807) is 4.31 Å². The van der Waals surface area contributed by atoms with Crippen LogP contribution in [0.3, 0.4) is 0 Å². The molecule has 1 atom stereocenters. The summed E-state index contributed by atoms with van der Waals surface area (Å²) in [4.78, 5) is 14.6. The molecule has 1 saturated heterocycles. The van der Waals surface area contributed by atoms with Crippen LogP contribution in [0.15, 0.2) is 4.90 Å². The van der Waals surface area contributed by atoms with Gasteiger partial charge in [0.05, 0.1) is 11.4 Å². The van der Waals surface area contributed by atoms with Crippen LogP contribution in [-0.2, 0) is 14.8 Å². The molecule has 0 radical (unpaired) electrons. The molecule has 1 aromatic carbocycles. The van der Waals surface area contributed by atoms with E-state index < -0.39 is 10.0 Å². The van der Waals surface area contributed by atoms with Gasteiger partial charge in [0.1, 0.15) is 0 Å². The summed E-state index contributed by atoms with van der Waals surface area (Å²) in [5.74, 6) is 0.00197. The smallest absolute Gasteiger partial charge is 0.243 e. The van der Waals surface area contributed by atoms with E-state index in [1.807, 2.05) is 53.4 Å². The summed E-state index contributed by atoms with van der Waals surface area (Å²) < 4.78 is 28.3. The van der Waals surface area contributed by atoms with Gasteiger partial charge in [-0.3, -0.25) is 9.69 Å². The van der Waals surface area contributed by atoms with Crippen LogP contribution >= 0.6 is 0 Å². The molecule has 0 unspecified atom stereocenters. The van der Waals surface area contributed by atoms with Crippen molar-refractivity contribution in [3.63, 3.8) is 0 Å². The molecule has 0 spiro atoms. The fourth-order valence-electron chi connectivity index (χ4n) is 3.74. The third-order valence-corrected chi connectivity index (χ3v) is 8.42. The lowest BCUT2D eigenvalue weighted by Gasteiger charge is -2.34. The van der Waals surface area contributed by atoms with Gasteiger partial charge >= 0.3 is 0 Å². The van der Waals surface area contributed by atoms with Gasteiger partial charge in [-0.2, -0.15) is 4.31 Å². The maximum absolute atomic E-state index is 13.4. The van der Waals surface area contributed by atoms with Crippen molar-refractivity contribution in [2.45, 2.75) is 65.8 Å². The number of piperazine rings is 1. The first-order valence-corrected chi connectivity index (χ1v) is 11.5. The molecule has 28 heavy (non-hydrogen) atoms. The van der Waals surface area contributed by atoms with Crippen LogP contribution < -0.4 is 5.32 Å². The molecular formula is C21H35N3O3S. The first-order chi connectivity index (χ1) is 13.0. The maximum atomic E-state index is 13.4. The van der Waals surface area contributed by atoms with Crippen molar-refractivity contribution < 1.29 is 13.2 Å². The van der Waals surface area contributed by atoms with Crippen LogP contribution in [0.4, 0.5) is 0 Å². The Labute approximate surface area is 170 Å². The minimum atomic E-state index is -3.55. The highest BCUT2D eigenvalue weighted by Gasteiger charge is 2.32. The molecule has 1 aliphatic rings. The van der Waals surface area contributed by atoms with E-state index in [2.05, 4.69) is 5.32 Å². The van der Waals surface area contributed by atoms with E-state index in [-0.39, 0.29) is 11.9 Å². The van der Waals surface area contributed by atoms with E-state index in [1.165, 1.54) is 0 Å².